The van der Waals surface area contributed by atoms with Gasteiger partial charge in [-0.15, -0.1) is 0 Å². The van der Waals surface area contributed by atoms with E-state index in [1.807, 2.05) is 30.4 Å². The van der Waals surface area contributed by atoms with Crippen LogP contribution in [0.1, 0.15) is 31.0 Å². The number of H-pyrrole nitrogens is 1. The van der Waals surface area contributed by atoms with Crippen molar-refractivity contribution in [1.29, 1.82) is 0 Å². The molecule has 2 atom stereocenters. The molecule has 2 aromatic heterocycles. The van der Waals surface area contributed by atoms with Crippen molar-refractivity contribution in [3.8, 4) is 0 Å². The molecule has 0 aromatic carbocycles. The van der Waals surface area contributed by atoms with E-state index < -0.39 is 0 Å². The number of fused-ring (bicyclic) bond motifs is 1. The average molecular weight is 282 g/mol. The Balaban J connectivity index is 2.12. The topological polar surface area (TPSA) is 38.5 Å². The molecule has 0 saturated heterocycles. The van der Waals surface area contributed by atoms with Crippen LogP contribution >= 0.6 is 24.0 Å². The standard InChI is InChI=1S/C12H18N4S2/c1-7-10-11(15(2)14-7)16(12(17)13-10)8-4-5-9(6-8)18-3/h8-9H,4-6H2,1-3H3,(H,13,17). The van der Waals surface area contributed by atoms with Gasteiger partial charge in [0.05, 0.1) is 5.69 Å². The first-order chi connectivity index (χ1) is 8.61. The van der Waals surface area contributed by atoms with E-state index in [1.54, 1.807) is 0 Å². The molecule has 0 aliphatic heterocycles. The van der Waals surface area contributed by atoms with Crippen molar-refractivity contribution in [2.24, 2.45) is 7.05 Å². The lowest BCUT2D eigenvalue weighted by atomic mass is 10.2. The Morgan fingerprint density at radius 2 is 2.22 bits per heavy atom. The van der Waals surface area contributed by atoms with Gasteiger partial charge in [-0.25, -0.2) is 0 Å². The van der Waals surface area contributed by atoms with Gasteiger partial charge < -0.3 is 4.98 Å². The van der Waals surface area contributed by atoms with Gasteiger partial charge in [0.1, 0.15) is 5.52 Å². The number of aromatic nitrogens is 4. The van der Waals surface area contributed by atoms with E-state index in [9.17, 15) is 0 Å². The van der Waals surface area contributed by atoms with Crippen LogP contribution in [0, 0.1) is 11.7 Å². The number of aromatic amines is 1. The van der Waals surface area contributed by atoms with Gasteiger partial charge in [-0.2, -0.15) is 16.9 Å². The Bertz CT molecular complexity index is 636. The van der Waals surface area contributed by atoms with E-state index >= 15 is 0 Å². The van der Waals surface area contributed by atoms with Gasteiger partial charge >= 0.3 is 0 Å². The smallest absolute Gasteiger partial charge is 0.179 e. The monoisotopic (exact) mass is 282 g/mol. The number of aryl methyl sites for hydroxylation is 2. The second kappa shape index (κ2) is 4.42. The Kier molecular flexibility index (Phi) is 3.02. The number of thioether (sulfide) groups is 1. The number of hydrogen-bond acceptors (Lipinski definition) is 3. The Morgan fingerprint density at radius 1 is 1.44 bits per heavy atom. The molecule has 6 heteroatoms. The molecule has 1 saturated carbocycles. The third kappa shape index (κ3) is 1.73. The van der Waals surface area contributed by atoms with E-state index in [-0.39, 0.29) is 0 Å². The molecule has 0 radical (unpaired) electrons. The van der Waals surface area contributed by atoms with Crippen molar-refractivity contribution in [3.63, 3.8) is 0 Å². The molecule has 1 N–H and O–H groups in total. The molecule has 2 aromatic rings. The summed E-state index contributed by atoms with van der Waals surface area (Å²) in [6.45, 7) is 2.03. The van der Waals surface area contributed by atoms with Crippen LogP contribution in [0.4, 0.5) is 0 Å². The molecule has 4 nitrogen and oxygen atoms in total. The lowest BCUT2D eigenvalue weighted by molar-refractivity contribution is 0.515. The molecule has 3 rings (SSSR count). The molecule has 1 fully saturated rings. The summed E-state index contributed by atoms with van der Waals surface area (Å²) >= 11 is 7.47. The van der Waals surface area contributed by atoms with Crippen molar-refractivity contribution >= 4 is 35.1 Å². The van der Waals surface area contributed by atoms with Gasteiger partial charge in [-0.05, 0) is 44.7 Å². The fourth-order valence-electron chi connectivity index (χ4n) is 3.04. The highest BCUT2D eigenvalue weighted by Crippen LogP contribution is 2.38. The summed E-state index contributed by atoms with van der Waals surface area (Å²) in [4.78, 5) is 3.31. The summed E-state index contributed by atoms with van der Waals surface area (Å²) < 4.78 is 5.07. The molecule has 0 amide bonds. The molecule has 18 heavy (non-hydrogen) atoms. The lowest BCUT2D eigenvalue weighted by Gasteiger charge is -2.13. The highest BCUT2D eigenvalue weighted by molar-refractivity contribution is 7.99. The van der Waals surface area contributed by atoms with E-state index in [0.717, 1.165) is 26.9 Å². The molecule has 1 aliphatic carbocycles. The predicted molar refractivity (Wildman–Crippen MR) is 78.8 cm³/mol. The lowest BCUT2D eigenvalue weighted by Crippen LogP contribution is -2.09. The average Bonchev–Trinajstić information content (AvgIpc) is 2.97. The van der Waals surface area contributed by atoms with E-state index in [4.69, 9.17) is 12.2 Å². The molecule has 0 spiro atoms. The van der Waals surface area contributed by atoms with Crippen molar-refractivity contribution in [3.05, 3.63) is 10.5 Å². The van der Waals surface area contributed by atoms with Crippen molar-refractivity contribution in [2.75, 3.05) is 6.26 Å². The first-order valence-electron chi connectivity index (χ1n) is 6.28. The highest BCUT2D eigenvalue weighted by atomic mass is 32.2. The number of imidazole rings is 1. The summed E-state index contributed by atoms with van der Waals surface area (Å²) in [6.07, 6.45) is 5.92. The fraction of sp³-hybridized carbons (Fsp3) is 0.667. The quantitative estimate of drug-likeness (QED) is 0.860. The zero-order chi connectivity index (χ0) is 12.9. The first-order valence-corrected chi connectivity index (χ1v) is 7.98. The summed E-state index contributed by atoms with van der Waals surface area (Å²) in [5.41, 5.74) is 3.26. The van der Waals surface area contributed by atoms with Crippen LogP contribution in [0.2, 0.25) is 0 Å². The summed E-state index contributed by atoms with van der Waals surface area (Å²) in [5, 5.41) is 5.25. The number of nitrogens with one attached hydrogen (secondary N) is 1. The van der Waals surface area contributed by atoms with E-state index in [0.29, 0.717) is 6.04 Å². The largest absolute Gasteiger partial charge is 0.328 e. The summed E-state index contributed by atoms with van der Waals surface area (Å²) in [6, 6.07) is 0.526. The second-order valence-electron chi connectivity index (χ2n) is 5.03. The minimum atomic E-state index is 0.526. The first kappa shape index (κ1) is 12.3. The Hall–Kier alpha value is -0.750. The molecule has 0 bridgehead atoms. The molecule has 2 unspecified atom stereocenters. The Morgan fingerprint density at radius 3 is 2.89 bits per heavy atom. The Labute approximate surface area is 116 Å². The van der Waals surface area contributed by atoms with Crippen molar-refractivity contribution in [2.45, 2.75) is 37.5 Å². The van der Waals surface area contributed by atoms with Gasteiger partial charge in [0.25, 0.3) is 0 Å². The summed E-state index contributed by atoms with van der Waals surface area (Å²) in [5.74, 6) is 0. The fourth-order valence-corrected chi connectivity index (χ4v) is 4.16. The molecule has 1 aliphatic rings. The van der Waals surface area contributed by atoms with Crippen LogP contribution in [-0.4, -0.2) is 30.8 Å². The van der Waals surface area contributed by atoms with E-state index in [2.05, 4.69) is 20.9 Å². The van der Waals surface area contributed by atoms with Crippen LogP contribution in [0.25, 0.3) is 11.2 Å². The third-order valence-electron chi connectivity index (χ3n) is 3.93. The molecule has 98 valence electrons. The zero-order valence-electron chi connectivity index (χ0n) is 10.9. The molecule has 2 heterocycles. The van der Waals surface area contributed by atoms with E-state index in [1.165, 1.54) is 19.3 Å². The highest BCUT2D eigenvalue weighted by Gasteiger charge is 2.28. The van der Waals surface area contributed by atoms with Gasteiger partial charge in [0, 0.05) is 18.3 Å². The minimum Gasteiger partial charge on any atom is -0.328 e. The van der Waals surface area contributed by atoms with Crippen LogP contribution in [-0.2, 0) is 7.05 Å². The van der Waals surface area contributed by atoms with Crippen LogP contribution in [0.3, 0.4) is 0 Å². The number of nitrogens with zero attached hydrogens (tertiary/aromatic N) is 3. The number of rotatable bonds is 2. The number of hydrogen-bond donors (Lipinski definition) is 1. The van der Waals surface area contributed by atoms with Gasteiger partial charge in [0.2, 0.25) is 0 Å². The van der Waals surface area contributed by atoms with Crippen molar-refractivity contribution < 1.29 is 0 Å². The van der Waals surface area contributed by atoms with Crippen LogP contribution in [0.15, 0.2) is 0 Å². The maximum atomic E-state index is 5.50. The maximum absolute atomic E-state index is 5.50. The zero-order valence-corrected chi connectivity index (χ0v) is 12.6. The van der Waals surface area contributed by atoms with Crippen LogP contribution < -0.4 is 0 Å². The van der Waals surface area contributed by atoms with Crippen LogP contribution in [0.5, 0.6) is 0 Å². The van der Waals surface area contributed by atoms with Gasteiger partial charge in [0.15, 0.2) is 10.4 Å². The van der Waals surface area contributed by atoms with Crippen molar-refractivity contribution in [1.82, 2.24) is 19.3 Å². The predicted octanol–water partition coefficient (Wildman–Crippen LogP) is 3.20. The van der Waals surface area contributed by atoms with Gasteiger partial charge in [-0.3, -0.25) is 9.25 Å². The normalized spacial score (nSPS) is 24.2. The maximum Gasteiger partial charge on any atom is 0.179 e. The molecular weight excluding hydrogens is 264 g/mol. The minimum absolute atomic E-state index is 0.526. The van der Waals surface area contributed by atoms with Gasteiger partial charge in [-0.1, -0.05) is 0 Å². The molecular formula is C12H18N4S2. The SMILES string of the molecule is CSC1CCC(n2c(=S)[nH]c3c(C)nn(C)c32)C1. The third-order valence-corrected chi connectivity index (χ3v) is 5.32. The summed E-state index contributed by atoms with van der Waals surface area (Å²) in [7, 11) is 2.00. The second-order valence-corrected chi connectivity index (χ2v) is 6.56.